The molecule has 0 radical (unpaired) electrons. The third-order valence-electron chi connectivity index (χ3n) is 3.58. The van der Waals surface area contributed by atoms with Gasteiger partial charge in [0.2, 0.25) is 0 Å². The highest BCUT2D eigenvalue weighted by molar-refractivity contribution is 5.09. The number of rotatable bonds is 8. The van der Waals surface area contributed by atoms with Crippen molar-refractivity contribution in [1.82, 2.24) is 10.3 Å². The summed E-state index contributed by atoms with van der Waals surface area (Å²) in [6.07, 6.45) is 8.68. The van der Waals surface area contributed by atoms with Gasteiger partial charge >= 0.3 is 0 Å². The van der Waals surface area contributed by atoms with E-state index >= 15 is 0 Å². The lowest BCUT2D eigenvalue weighted by atomic mass is 9.90. The molecule has 0 aromatic carbocycles. The van der Waals surface area contributed by atoms with Crippen LogP contribution in [0.3, 0.4) is 0 Å². The van der Waals surface area contributed by atoms with Gasteiger partial charge in [-0.25, -0.2) is 0 Å². The zero-order valence-corrected chi connectivity index (χ0v) is 11.4. The van der Waals surface area contributed by atoms with Gasteiger partial charge in [-0.3, -0.25) is 4.98 Å². The molecular weight excluding hydrogens is 208 g/mol. The highest BCUT2D eigenvalue weighted by Gasteiger charge is 2.16. The molecule has 96 valence electrons. The normalized spacial score (nSPS) is 12.9. The number of aromatic nitrogens is 1. The predicted octanol–water partition coefficient (Wildman–Crippen LogP) is 3.43. The van der Waals surface area contributed by atoms with Crippen molar-refractivity contribution in [2.45, 2.75) is 52.5 Å². The minimum Gasteiger partial charge on any atom is -0.314 e. The van der Waals surface area contributed by atoms with E-state index in [1.165, 1.54) is 24.8 Å². The number of pyridine rings is 1. The molecule has 0 aliphatic heterocycles. The molecule has 0 bridgehead atoms. The van der Waals surface area contributed by atoms with Gasteiger partial charge in [0, 0.05) is 18.4 Å². The molecule has 1 rings (SSSR count). The summed E-state index contributed by atoms with van der Waals surface area (Å²) in [7, 11) is 0. The van der Waals surface area contributed by atoms with Crippen molar-refractivity contribution in [3.05, 3.63) is 30.1 Å². The third kappa shape index (κ3) is 4.86. The van der Waals surface area contributed by atoms with Crippen molar-refractivity contribution in [2.24, 2.45) is 5.92 Å². The van der Waals surface area contributed by atoms with E-state index in [1.807, 2.05) is 12.4 Å². The second-order valence-corrected chi connectivity index (χ2v) is 4.63. The molecule has 0 saturated carbocycles. The van der Waals surface area contributed by atoms with Crippen LogP contribution in [0.25, 0.3) is 0 Å². The number of hydrogen-bond donors (Lipinski definition) is 1. The molecule has 0 saturated heterocycles. The zero-order chi connectivity index (χ0) is 12.5. The quantitative estimate of drug-likeness (QED) is 0.745. The molecule has 1 N–H and O–H groups in total. The Balaban J connectivity index is 2.49. The first-order valence-corrected chi connectivity index (χ1v) is 6.94. The minimum atomic E-state index is 0.656. The standard InChI is InChI=1S/C15H26N2/c1-4-14(5-2)15(17-6-3)8-7-13-9-11-16-12-10-13/h9-12,14-15,17H,4-8H2,1-3H3. The Bertz CT molecular complexity index is 280. The van der Waals surface area contributed by atoms with Crippen LogP contribution < -0.4 is 5.32 Å². The van der Waals surface area contributed by atoms with Crippen LogP contribution in [0.1, 0.15) is 45.6 Å². The largest absolute Gasteiger partial charge is 0.314 e. The van der Waals surface area contributed by atoms with Gasteiger partial charge in [-0.05, 0) is 43.0 Å². The first-order chi connectivity index (χ1) is 8.31. The van der Waals surface area contributed by atoms with E-state index in [0.29, 0.717) is 6.04 Å². The molecule has 2 heteroatoms. The lowest BCUT2D eigenvalue weighted by Gasteiger charge is -2.26. The molecule has 2 nitrogen and oxygen atoms in total. The number of nitrogens with one attached hydrogen (secondary N) is 1. The first kappa shape index (κ1) is 14.2. The Hall–Kier alpha value is -0.890. The second-order valence-electron chi connectivity index (χ2n) is 4.63. The highest BCUT2D eigenvalue weighted by Crippen LogP contribution is 2.17. The summed E-state index contributed by atoms with van der Waals surface area (Å²) in [6.45, 7) is 7.86. The molecule has 17 heavy (non-hydrogen) atoms. The Labute approximate surface area is 106 Å². The monoisotopic (exact) mass is 234 g/mol. The SMILES string of the molecule is CCNC(CCc1ccncc1)C(CC)CC. The third-order valence-corrected chi connectivity index (χ3v) is 3.58. The van der Waals surface area contributed by atoms with Crippen LogP contribution in [0.4, 0.5) is 0 Å². The van der Waals surface area contributed by atoms with E-state index < -0.39 is 0 Å². The van der Waals surface area contributed by atoms with Crippen LogP contribution in [0.2, 0.25) is 0 Å². The van der Waals surface area contributed by atoms with Crippen molar-refractivity contribution < 1.29 is 0 Å². The molecule has 0 amide bonds. The topological polar surface area (TPSA) is 24.9 Å². The second kappa shape index (κ2) is 8.24. The molecule has 1 aromatic rings. The number of hydrogen-bond acceptors (Lipinski definition) is 2. The Kier molecular flexibility index (Phi) is 6.87. The predicted molar refractivity (Wildman–Crippen MR) is 74.1 cm³/mol. The van der Waals surface area contributed by atoms with Gasteiger partial charge < -0.3 is 5.32 Å². The maximum absolute atomic E-state index is 4.06. The summed E-state index contributed by atoms with van der Waals surface area (Å²) >= 11 is 0. The van der Waals surface area contributed by atoms with Gasteiger partial charge in [-0.1, -0.05) is 33.6 Å². The molecule has 0 fully saturated rings. The van der Waals surface area contributed by atoms with E-state index in [-0.39, 0.29) is 0 Å². The van der Waals surface area contributed by atoms with Crippen molar-refractivity contribution in [3.8, 4) is 0 Å². The van der Waals surface area contributed by atoms with Crippen LogP contribution in [0, 0.1) is 5.92 Å². The van der Waals surface area contributed by atoms with Crippen molar-refractivity contribution in [2.75, 3.05) is 6.54 Å². The van der Waals surface area contributed by atoms with Gasteiger partial charge in [0.25, 0.3) is 0 Å². The fourth-order valence-corrected chi connectivity index (χ4v) is 2.50. The maximum Gasteiger partial charge on any atom is 0.0270 e. The van der Waals surface area contributed by atoms with Gasteiger partial charge in [0.15, 0.2) is 0 Å². The first-order valence-electron chi connectivity index (χ1n) is 6.94. The summed E-state index contributed by atoms with van der Waals surface area (Å²) in [6, 6.07) is 4.90. The van der Waals surface area contributed by atoms with E-state index in [1.54, 1.807) is 0 Å². The summed E-state index contributed by atoms with van der Waals surface area (Å²) in [4.78, 5) is 4.06. The van der Waals surface area contributed by atoms with Crippen LogP contribution in [-0.2, 0) is 6.42 Å². The molecule has 1 aromatic heterocycles. The highest BCUT2D eigenvalue weighted by atomic mass is 14.9. The van der Waals surface area contributed by atoms with Crippen molar-refractivity contribution in [1.29, 1.82) is 0 Å². The molecular formula is C15H26N2. The lowest BCUT2D eigenvalue weighted by Crippen LogP contribution is -2.36. The fourth-order valence-electron chi connectivity index (χ4n) is 2.50. The number of aryl methyl sites for hydroxylation is 1. The molecule has 0 aliphatic rings. The summed E-state index contributed by atoms with van der Waals surface area (Å²) in [5.74, 6) is 0.803. The summed E-state index contributed by atoms with van der Waals surface area (Å²) in [5, 5.41) is 3.64. The molecule has 0 aliphatic carbocycles. The Morgan fingerprint density at radius 1 is 1.12 bits per heavy atom. The Morgan fingerprint density at radius 3 is 2.29 bits per heavy atom. The lowest BCUT2D eigenvalue weighted by molar-refractivity contribution is 0.322. The van der Waals surface area contributed by atoms with E-state index in [4.69, 9.17) is 0 Å². The fraction of sp³-hybridized carbons (Fsp3) is 0.667. The van der Waals surface area contributed by atoms with Crippen LogP contribution in [-0.4, -0.2) is 17.6 Å². The molecule has 0 spiro atoms. The van der Waals surface area contributed by atoms with Crippen LogP contribution >= 0.6 is 0 Å². The average Bonchev–Trinajstić information content (AvgIpc) is 2.38. The molecule has 1 atom stereocenters. The zero-order valence-electron chi connectivity index (χ0n) is 11.4. The summed E-state index contributed by atoms with van der Waals surface area (Å²) < 4.78 is 0. The van der Waals surface area contributed by atoms with Gasteiger partial charge in [0.05, 0.1) is 0 Å². The van der Waals surface area contributed by atoms with Crippen molar-refractivity contribution >= 4 is 0 Å². The maximum atomic E-state index is 4.06. The number of nitrogens with zero attached hydrogens (tertiary/aromatic N) is 1. The Morgan fingerprint density at radius 2 is 1.76 bits per heavy atom. The van der Waals surface area contributed by atoms with Gasteiger partial charge in [-0.15, -0.1) is 0 Å². The average molecular weight is 234 g/mol. The van der Waals surface area contributed by atoms with Gasteiger partial charge in [0.1, 0.15) is 0 Å². The van der Waals surface area contributed by atoms with Crippen LogP contribution in [0.5, 0.6) is 0 Å². The van der Waals surface area contributed by atoms with Crippen LogP contribution in [0.15, 0.2) is 24.5 Å². The minimum absolute atomic E-state index is 0.656. The smallest absolute Gasteiger partial charge is 0.0270 e. The van der Waals surface area contributed by atoms with E-state index in [0.717, 1.165) is 18.9 Å². The van der Waals surface area contributed by atoms with E-state index in [9.17, 15) is 0 Å². The van der Waals surface area contributed by atoms with E-state index in [2.05, 4.69) is 43.2 Å². The van der Waals surface area contributed by atoms with Gasteiger partial charge in [-0.2, -0.15) is 0 Å². The molecule has 1 unspecified atom stereocenters. The van der Waals surface area contributed by atoms with Crippen molar-refractivity contribution in [3.63, 3.8) is 0 Å². The molecule has 1 heterocycles. The summed E-state index contributed by atoms with van der Waals surface area (Å²) in [5.41, 5.74) is 1.40.